The zero-order valence-corrected chi connectivity index (χ0v) is 16.1. The number of nitrogens with zero attached hydrogens (tertiary/aromatic N) is 3. The molecule has 2 aromatic carbocycles. The molecule has 3 rings (SSSR count). The van der Waals surface area contributed by atoms with Crippen molar-refractivity contribution in [2.45, 2.75) is 19.4 Å². The van der Waals surface area contributed by atoms with E-state index in [1.807, 2.05) is 48.7 Å². The zero-order chi connectivity index (χ0) is 20.1. The van der Waals surface area contributed by atoms with Gasteiger partial charge < -0.3 is 14.8 Å². The Morgan fingerprint density at radius 2 is 1.75 bits per heavy atom. The van der Waals surface area contributed by atoms with Crippen molar-refractivity contribution >= 4 is 23.5 Å². The summed E-state index contributed by atoms with van der Waals surface area (Å²) in [5.41, 5.74) is 3.36. The Bertz CT molecular complexity index is 968. The van der Waals surface area contributed by atoms with E-state index < -0.39 is 5.97 Å². The molecule has 0 aliphatic carbocycles. The average Bonchev–Trinajstić information content (AvgIpc) is 3.11. The number of aromatic nitrogens is 2. The van der Waals surface area contributed by atoms with E-state index in [0.717, 1.165) is 22.5 Å². The molecular formula is C21H19ClN3O3-. The van der Waals surface area contributed by atoms with Crippen LogP contribution in [0.3, 0.4) is 0 Å². The maximum atomic E-state index is 12.2. The molecule has 0 spiro atoms. The second-order valence-corrected chi connectivity index (χ2v) is 6.85. The van der Waals surface area contributed by atoms with Gasteiger partial charge in [0.2, 0.25) is 5.91 Å². The maximum Gasteiger partial charge on any atom is 0.222 e. The van der Waals surface area contributed by atoms with E-state index in [1.54, 1.807) is 23.9 Å². The first-order valence-electron chi connectivity index (χ1n) is 8.78. The highest BCUT2D eigenvalue weighted by Crippen LogP contribution is 2.26. The van der Waals surface area contributed by atoms with Gasteiger partial charge in [-0.1, -0.05) is 41.9 Å². The molecule has 0 saturated heterocycles. The molecule has 6 nitrogen and oxygen atoms in total. The van der Waals surface area contributed by atoms with Gasteiger partial charge in [-0.05, 0) is 30.7 Å². The maximum absolute atomic E-state index is 12.2. The van der Waals surface area contributed by atoms with Crippen LogP contribution in [0.25, 0.3) is 16.9 Å². The molecule has 0 unspecified atom stereocenters. The summed E-state index contributed by atoms with van der Waals surface area (Å²) in [6, 6.07) is 17.0. The van der Waals surface area contributed by atoms with E-state index in [4.69, 9.17) is 16.7 Å². The fourth-order valence-corrected chi connectivity index (χ4v) is 2.96. The smallest absolute Gasteiger partial charge is 0.222 e. The van der Waals surface area contributed by atoms with E-state index in [2.05, 4.69) is 0 Å². The molecule has 144 valence electrons. The molecule has 0 radical (unpaired) electrons. The predicted octanol–water partition coefficient (Wildman–Crippen LogP) is 2.68. The average molecular weight is 397 g/mol. The quantitative estimate of drug-likeness (QED) is 0.615. The van der Waals surface area contributed by atoms with Gasteiger partial charge in [0.25, 0.3) is 0 Å². The molecular weight excluding hydrogens is 378 g/mol. The van der Waals surface area contributed by atoms with Crippen LogP contribution >= 0.6 is 11.6 Å². The highest BCUT2D eigenvalue weighted by molar-refractivity contribution is 6.30. The highest BCUT2D eigenvalue weighted by Gasteiger charge is 2.17. The third-order valence-corrected chi connectivity index (χ3v) is 4.56. The fourth-order valence-electron chi connectivity index (χ4n) is 2.83. The van der Waals surface area contributed by atoms with Crippen molar-refractivity contribution in [3.05, 3.63) is 71.4 Å². The molecule has 1 aromatic heterocycles. The molecule has 1 amide bonds. The lowest BCUT2D eigenvalue weighted by atomic mass is 10.1. The molecule has 0 saturated carbocycles. The standard InChI is InChI=1S/C21H20ClN3O3/c1-24(19(26)11-12-20(27)28)13-16-14-25(18-5-3-2-4-6-18)23-21(16)15-7-9-17(22)10-8-15/h2-10,14H,11-13H2,1H3,(H,27,28)/p-1. The van der Waals surface area contributed by atoms with Crippen LogP contribution in [0.15, 0.2) is 60.8 Å². The van der Waals surface area contributed by atoms with Crippen LogP contribution in [0, 0.1) is 0 Å². The summed E-state index contributed by atoms with van der Waals surface area (Å²) in [6.45, 7) is 0.302. The SMILES string of the molecule is CN(Cc1cn(-c2ccccc2)nc1-c1ccc(Cl)cc1)C(=O)CCC(=O)[O-]. The summed E-state index contributed by atoms with van der Waals surface area (Å²) in [4.78, 5) is 24.3. The molecule has 0 aliphatic rings. The number of aliphatic carboxylic acids is 1. The van der Waals surface area contributed by atoms with Crippen molar-refractivity contribution in [1.82, 2.24) is 14.7 Å². The molecule has 3 aromatic rings. The third-order valence-electron chi connectivity index (χ3n) is 4.30. The summed E-state index contributed by atoms with van der Waals surface area (Å²) in [6.07, 6.45) is 1.49. The largest absolute Gasteiger partial charge is 0.550 e. The number of hydrogen-bond donors (Lipinski definition) is 0. The number of carboxylic acid groups (broad SMARTS) is 1. The van der Waals surface area contributed by atoms with Gasteiger partial charge in [-0.2, -0.15) is 5.10 Å². The predicted molar refractivity (Wildman–Crippen MR) is 105 cm³/mol. The van der Waals surface area contributed by atoms with Gasteiger partial charge in [-0.15, -0.1) is 0 Å². The van der Waals surface area contributed by atoms with Crippen LogP contribution in [0.5, 0.6) is 0 Å². The molecule has 28 heavy (non-hydrogen) atoms. The minimum atomic E-state index is -1.24. The summed E-state index contributed by atoms with van der Waals surface area (Å²) >= 11 is 5.99. The first-order valence-corrected chi connectivity index (χ1v) is 9.15. The lowest BCUT2D eigenvalue weighted by Gasteiger charge is -2.17. The Labute approximate surface area is 168 Å². The van der Waals surface area contributed by atoms with Crippen LogP contribution in [0.1, 0.15) is 18.4 Å². The van der Waals surface area contributed by atoms with E-state index >= 15 is 0 Å². The molecule has 1 heterocycles. The number of carboxylic acids is 1. The first-order chi connectivity index (χ1) is 13.4. The van der Waals surface area contributed by atoms with Gasteiger partial charge in [-0.3, -0.25) is 4.79 Å². The molecule has 0 fully saturated rings. The third kappa shape index (κ3) is 4.78. The number of carbonyl (C=O) groups excluding carboxylic acids is 2. The lowest BCUT2D eigenvalue weighted by Crippen LogP contribution is -2.29. The second-order valence-electron chi connectivity index (χ2n) is 6.41. The minimum absolute atomic E-state index is 0.0953. The minimum Gasteiger partial charge on any atom is -0.550 e. The number of amides is 1. The van der Waals surface area contributed by atoms with Gasteiger partial charge >= 0.3 is 0 Å². The van der Waals surface area contributed by atoms with Crippen LogP contribution in [-0.4, -0.2) is 33.6 Å². The Morgan fingerprint density at radius 1 is 1.07 bits per heavy atom. The molecule has 0 bridgehead atoms. The van der Waals surface area contributed by atoms with E-state index in [1.165, 1.54) is 4.90 Å². The lowest BCUT2D eigenvalue weighted by molar-refractivity contribution is -0.305. The number of rotatable bonds is 7. The van der Waals surface area contributed by atoms with Crippen molar-refractivity contribution in [1.29, 1.82) is 0 Å². The topological polar surface area (TPSA) is 78.3 Å². The van der Waals surface area contributed by atoms with Crippen molar-refractivity contribution in [3.8, 4) is 16.9 Å². The summed E-state index contributed by atoms with van der Waals surface area (Å²) in [7, 11) is 1.64. The van der Waals surface area contributed by atoms with Gasteiger partial charge in [0.05, 0.1) is 11.4 Å². The Morgan fingerprint density at radius 3 is 2.39 bits per heavy atom. The summed E-state index contributed by atoms with van der Waals surface area (Å²) in [5.74, 6) is -1.50. The van der Waals surface area contributed by atoms with E-state index in [-0.39, 0.29) is 18.7 Å². The van der Waals surface area contributed by atoms with Crippen LogP contribution in [-0.2, 0) is 16.1 Å². The second kappa shape index (κ2) is 8.71. The zero-order valence-electron chi connectivity index (χ0n) is 15.3. The van der Waals surface area contributed by atoms with Crippen molar-refractivity contribution in [2.24, 2.45) is 0 Å². The normalized spacial score (nSPS) is 10.6. The molecule has 0 N–H and O–H groups in total. The van der Waals surface area contributed by atoms with E-state index in [9.17, 15) is 14.7 Å². The Balaban J connectivity index is 1.91. The number of hydrogen-bond acceptors (Lipinski definition) is 4. The first kappa shape index (κ1) is 19.6. The monoisotopic (exact) mass is 396 g/mol. The van der Waals surface area contributed by atoms with Crippen molar-refractivity contribution in [3.63, 3.8) is 0 Å². The van der Waals surface area contributed by atoms with Gasteiger partial charge in [0.15, 0.2) is 0 Å². The Hall–Kier alpha value is -3.12. The van der Waals surface area contributed by atoms with Gasteiger partial charge in [0, 0.05) is 48.3 Å². The fraction of sp³-hybridized carbons (Fsp3) is 0.190. The van der Waals surface area contributed by atoms with Gasteiger partial charge in [-0.25, -0.2) is 4.68 Å². The van der Waals surface area contributed by atoms with Crippen molar-refractivity contribution < 1.29 is 14.7 Å². The Kier molecular flexibility index (Phi) is 6.11. The number of halogens is 1. The molecule has 0 aliphatic heterocycles. The number of para-hydroxylation sites is 1. The van der Waals surface area contributed by atoms with Crippen LogP contribution in [0.4, 0.5) is 0 Å². The number of carbonyl (C=O) groups is 2. The summed E-state index contributed by atoms with van der Waals surface area (Å²) in [5, 5.41) is 15.9. The number of benzene rings is 2. The van der Waals surface area contributed by atoms with Crippen LogP contribution < -0.4 is 5.11 Å². The van der Waals surface area contributed by atoms with Gasteiger partial charge in [0.1, 0.15) is 0 Å². The van der Waals surface area contributed by atoms with Crippen molar-refractivity contribution in [2.75, 3.05) is 7.05 Å². The molecule has 7 heteroatoms. The summed E-state index contributed by atoms with van der Waals surface area (Å²) < 4.78 is 1.76. The van der Waals surface area contributed by atoms with E-state index in [0.29, 0.717) is 11.6 Å². The van der Waals surface area contributed by atoms with Crippen LogP contribution in [0.2, 0.25) is 5.02 Å². The molecule has 0 atom stereocenters. The highest BCUT2D eigenvalue weighted by atomic mass is 35.5.